The molecule has 1 N–H and O–H groups in total. The molecule has 0 atom stereocenters. The third kappa shape index (κ3) is 5.32. The van der Waals surface area contributed by atoms with Crippen LogP contribution in [-0.2, 0) is 0 Å². The molecular formula is C17H29NO2. The molecule has 1 aromatic carbocycles. The molecule has 1 rings (SSSR count). The third-order valence-electron chi connectivity index (χ3n) is 3.28. The van der Waals surface area contributed by atoms with Crippen LogP contribution in [0.5, 0.6) is 11.5 Å². The molecule has 0 bridgehead atoms. The fraction of sp³-hybridized carbons (Fsp3) is 0.647. The normalized spacial score (nSPS) is 11.2. The second-order valence-corrected chi connectivity index (χ2v) is 6.17. The van der Waals surface area contributed by atoms with Gasteiger partial charge in [-0.1, -0.05) is 27.7 Å². The van der Waals surface area contributed by atoms with Crippen LogP contribution in [0.4, 0.5) is 5.69 Å². The van der Waals surface area contributed by atoms with Gasteiger partial charge in [-0.05, 0) is 36.8 Å². The first-order valence-electron chi connectivity index (χ1n) is 7.44. The lowest BCUT2D eigenvalue weighted by molar-refractivity contribution is 0.401. The van der Waals surface area contributed by atoms with Crippen molar-refractivity contribution in [2.45, 2.75) is 46.6 Å². The van der Waals surface area contributed by atoms with Gasteiger partial charge in [-0.25, -0.2) is 0 Å². The van der Waals surface area contributed by atoms with Crippen LogP contribution in [0.2, 0.25) is 0 Å². The largest absolute Gasteiger partial charge is 0.497 e. The third-order valence-corrected chi connectivity index (χ3v) is 3.28. The lowest BCUT2D eigenvalue weighted by Crippen LogP contribution is -2.24. The van der Waals surface area contributed by atoms with E-state index in [9.17, 15) is 0 Å². The quantitative estimate of drug-likeness (QED) is 0.755. The standard InChI is InChI=1S/C17H29NO2/c1-12(2)9-14(10-13(3)4)18-16-11-15(19-5)7-8-17(16)20-6/h7-8,11-14,18H,9-10H2,1-6H3. The van der Waals surface area contributed by atoms with Crippen LogP contribution in [0.15, 0.2) is 18.2 Å². The Labute approximate surface area is 123 Å². The highest BCUT2D eigenvalue weighted by atomic mass is 16.5. The molecule has 3 heteroatoms. The SMILES string of the molecule is COc1ccc(OC)c(NC(CC(C)C)CC(C)C)c1. The Morgan fingerprint density at radius 3 is 2.00 bits per heavy atom. The molecule has 0 fully saturated rings. The van der Waals surface area contributed by atoms with Gasteiger partial charge in [0.05, 0.1) is 19.9 Å². The number of methoxy groups -OCH3 is 2. The van der Waals surface area contributed by atoms with E-state index in [1.54, 1.807) is 14.2 Å². The number of rotatable bonds is 8. The van der Waals surface area contributed by atoms with Crippen molar-refractivity contribution in [2.24, 2.45) is 11.8 Å². The van der Waals surface area contributed by atoms with E-state index in [-0.39, 0.29) is 0 Å². The summed E-state index contributed by atoms with van der Waals surface area (Å²) in [5, 5.41) is 3.63. The minimum atomic E-state index is 0.455. The molecule has 0 radical (unpaired) electrons. The van der Waals surface area contributed by atoms with Crippen LogP contribution in [0.25, 0.3) is 0 Å². The van der Waals surface area contributed by atoms with Crippen LogP contribution in [0.1, 0.15) is 40.5 Å². The van der Waals surface area contributed by atoms with Crippen molar-refractivity contribution in [1.29, 1.82) is 0 Å². The van der Waals surface area contributed by atoms with Gasteiger partial charge in [0.1, 0.15) is 11.5 Å². The molecule has 0 aliphatic heterocycles. The van der Waals surface area contributed by atoms with Crippen molar-refractivity contribution < 1.29 is 9.47 Å². The Hall–Kier alpha value is -1.38. The average molecular weight is 279 g/mol. The first-order chi connectivity index (χ1) is 9.46. The van der Waals surface area contributed by atoms with Crippen molar-refractivity contribution in [3.05, 3.63) is 18.2 Å². The Morgan fingerprint density at radius 2 is 1.55 bits per heavy atom. The molecule has 1 aromatic rings. The number of hydrogen-bond donors (Lipinski definition) is 1. The molecule has 0 aromatic heterocycles. The summed E-state index contributed by atoms with van der Waals surface area (Å²) >= 11 is 0. The molecule has 0 saturated heterocycles. The molecule has 3 nitrogen and oxygen atoms in total. The van der Waals surface area contributed by atoms with E-state index in [1.165, 1.54) is 0 Å². The summed E-state index contributed by atoms with van der Waals surface area (Å²) in [4.78, 5) is 0. The van der Waals surface area contributed by atoms with Crippen molar-refractivity contribution in [3.8, 4) is 11.5 Å². The lowest BCUT2D eigenvalue weighted by Gasteiger charge is -2.24. The first-order valence-corrected chi connectivity index (χ1v) is 7.44. The van der Waals surface area contributed by atoms with E-state index >= 15 is 0 Å². The number of benzene rings is 1. The van der Waals surface area contributed by atoms with E-state index in [1.807, 2.05) is 18.2 Å². The molecular weight excluding hydrogens is 250 g/mol. The summed E-state index contributed by atoms with van der Waals surface area (Å²) in [6.07, 6.45) is 2.30. The second kappa shape index (κ2) is 8.03. The molecule has 0 heterocycles. The minimum Gasteiger partial charge on any atom is -0.497 e. The number of hydrogen-bond acceptors (Lipinski definition) is 3. The van der Waals surface area contributed by atoms with Crippen LogP contribution in [0.3, 0.4) is 0 Å². The highest BCUT2D eigenvalue weighted by Gasteiger charge is 2.15. The number of nitrogens with one attached hydrogen (secondary N) is 1. The van der Waals surface area contributed by atoms with Gasteiger partial charge in [0, 0.05) is 12.1 Å². The Morgan fingerprint density at radius 1 is 0.950 bits per heavy atom. The molecule has 0 saturated carbocycles. The monoisotopic (exact) mass is 279 g/mol. The van der Waals surface area contributed by atoms with Gasteiger partial charge in [0.2, 0.25) is 0 Å². The van der Waals surface area contributed by atoms with E-state index in [0.717, 1.165) is 30.0 Å². The van der Waals surface area contributed by atoms with Gasteiger partial charge < -0.3 is 14.8 Å². The topological polar surface area (TPSA) is 30.5 Å². The Bertz CT molecular complexity index is 392. The molecule has 0 spiro atoms. The highest BCUT2D eigenvalue weighted by Crippen LogP contribution is 2.31. The summed E-state index contributed by atoms with van der Waals surface area (Å²) in [6.45, 7) is 9.05. The summed E-state index contributed by atoms with van der Waals surface area (Å²) in [7, 11) is 3.39. The predicted molar refractivity (Wildman–Crippen MR) is 85.9 cm³/mol. The van der Waals surface area contributed by atoms with Crippen molar-refractivity contribution in [3.63, 3.8) is 0 Å². The molecule has 0 aliphatic rings. The molecule has 0 aliphatic carbocycles. The number of anilines is 1. The van der Waals surface area contributed by atoms with Gasteiger partial charge in [-0.2, -0.15) is 0 Å². The summed E-state index contributed by atoms with van der Waals surface area (Å²) < 4.78 is 10.7. The van der Waals surface area contributed by atoms with Crippen LogP contribution in [0, 0.1) is 11.8 Å². The van der Waals surface area contributed by atoms with Crippen LogP contribution >= 0.6 is 0 Å². The first kappa shape index (κ1) is 16.7. The fourth-order valence-electron chi connectivity index (χ4n) is 2.50. The second-order valence-electron chi connectivity index (χ2n) is 6.17. The zero-order chi connectivity index (χ0) is 15.1. The maximum absolute atomic E-state index is 5.44. The maximum Gasteiger partial charge on any atom is 0.142 e. The van der Waals surface area contributed by atoms with Gasteiger partial charge in [-0.15, -0.1) is 0 Å². The van der Waals surface area contributed by atoms with E-state index in [2.05, 4.69) is 33.0 Å². The summed E-state index contributed by atoms with van der Waals surface area (Å²) in [5.41, 5.74) is 1.01. The molecule has 0 amide bonds. The maximum atomic E-state index is 5.44. The van der Waals surface area contributed by atoms with Gasteiger partial charge >= 0.3 is 0 Å². The smallest absolute Gasteiger partial charge is 0.142 e. The summed E-state index contributed by atoms with van der Waals surface area (Å²) in [6, 6.07) is 6.33. The summed E-state index contributed by atoms with van der Waals surface area (Å²) in [5.74, 6) is 3.05. The number of ether oxygens (including phenoxy) is 2. The van der Waals surface area contributed by atoms with Crippen LogP contribution in [-0.4, -0.2) is 20.3 Å². The Kier molecular flexibility index (Phi) is 6.69. The molecule has 0 unspecified atom stereocenters. The highest BCUT2D eigenvalue weighted by molar-refractivity contribution is 5.60. The van der Waals surface area contributed by atoms with Gasteiger partial charge in [-0.3, -0.25) is 0 Å². The molecule has 20 heavy (non-hydrogen) atoms. The molecule has 114 valence electrons. The zero-order valence-electron chi connectivity index (χ0n) is 13.7. The van der Waals surface area contributed by atoms with Crippen molar-refractivity contribution in [2.75, 3.05) is 19.5 Å². The average Bonchev–Trinajstić information content (AvgIpc) is 2.37. The minimum absolute atomic E-state index is 0.455. The predicted octanol–water partition coefficient (Wildman–Crippen LogP) is 4.58. The zero-order valence-corrected chi connectivity index (χ0v) is 13.7. The van der Waals surface area contributed by atoms with E-state index in [4.69, 9.17) is 9.47 Å². The van der Waals surface area contributed by atoms with E-state index < -0.39 is 0 Å². The van der Waals surface area contributed by atoms with Crippen molar-refractivity contribution in [1.82, 2.24) is 0 Å². The van der Waals surface area contributed by atoms with Crippen molar-refractivity contribution >= 4 is 5.69 Å². The van der Waals surface area contributed by atoms with Crippen LogP contribution < -0.4 is 14.8 Å². The lowest BCUT2D eigenvalue weighted by atomic mass is 9.95. The Balaban J connectivity index is 2.90. The van der Waals surface area contributed by atoms with E-state index in [0.29, 0.717) is 17.9 Å². The van der Waals surface area contributed by atoms with Gasteiger partial charge in [0.15, 0.2) is 0 Å². The fourth-order valence-corrected chi connectivity index (χ4v) is 2.50. The van der Waals surface area contributed by atoms with Gasteiger partial charge in [0.25, 0.3) is 0 Å².